The van der Waals surface area contributed by atoms with Crippen LogP contribution in [0.4, 0.5) is 0 Å². The highest BCUT2D eigenvalue weighted by atomic mass is 32.2. The van der Waals surface area contributed by atoms with Gasteiger partial charge in [-0.05, 0) is 20.3 Å². The smallest absolute Gasteiger partial charge is 0.243 e. The topological polar surface area (TPSA) is 66.5 Å². The van der Waals surface area contributed by atoms with Crippen LogP contribution in [-0.2, 0) is 14.6 Å². The Kier molecular flexibility index (Phi) is 4.19. The fraction of sp³-hybridized carbons (Fsp3) is 0.909. The molecule has 1 rings (SSSR count). The first kappa shape index (κ1) is 14.4. The van der Waals surface area contributed by atoms with Gasteiger partial charge in [-0.25, -0.2) is 8.42 Å². The van der Waals surface area contributed by atoms with E-state index in [0.29, 0.717) is 6.42 Å². The highest BCUT2D eigenvalue weighted by Crippen LogP contribution is 2.23. The van der Waals surface area contributed by atoms with E-state index in [1.165, 1.54) is 0 Å². The average molecular weight is 262 g/mol. The molecule has 1 N–H and O–H groups in total. The maximum atomic E-state index is 12.1. The Labute approximate surface area is 103 Å². The number of carbonyl (C=O) groups is 1. The van der Waals surface area contributed by atoms with Crippen LogP contribution >= 0.6 is 0 Å². The van der Waals surface area contributed by atoms with Gasteiger partial charge in [-0.3, -0.25) is 10.1 Å². The molecule has 5 nitrogen and oxygen atoms in total. The van der Waals surface area contributed by atoms with Crippen LogP contribution in [0.25, 0.3) is 0 Å². The van der Waals surface area contributed by atoms with Gasteiger partial charge in [0.25, 0.3) is 0 Å². The number of nitrogens with one attached hydrogen (secondary N) is 1. The predicted octanol–water partition coefficient (Wildman–Crippen LogP) is 0.368. The number of carbonyl (C=O) groups excluding carboxylic acids is 1. The van der Waals surface area contributed by atoms with Crippen LogP contribution in [0.5, 0.6) is 0 Å². The molecule has 1 heterocycles. The van der Waals surface area contributed by atoms with Gasteiger partial charge >= 0.3 is 0 Å². The van der Waals surface area contributed by atoms with Gasteiger partial charge in [-0.15, -0.1) is 0 Å². The summed E-state index contributed by atoms with van der Waals surface area (Å²) in [6, 6.07) is 0. The maximum absolute atomic E-state index is 12.1. The molecule has 0 aromatic rings. The number of sulfone groups is 1. The zero-order chi connectivity index (χ0) is 13.3. The molecule has 1 aliphatic rings. The Bertz CT molecular complexity index is 394. The fourth-order valence-corrected chi connectivity index (χ4v) is 2.79. The lowest BCUT2D eigenvalue weighted by atomic mass is 9.99. The molecule has 0 radical (unpaired) electrons. The minimum absolute atomic E-state index is 0.00111. The van der Waals surface area contributed by atoms with E-state index in [2.05, 4.69) is 5.32 Å². The Balaban J connectivity index is 2.71. The first-order valence-electron chi connectivity index (χ1n) is 6.05. The second-order valence-corrected chi connectivity index (χ2v) is 7.21. The third-order valence-corrected chi connectivity index (χ3v) is 5.20. The number of rotatable bonds is 5. The minimum Gasteiger partial charge on any atom is -0.325 e. The molecule has 100 valence electrons. The van der Waals surface area contributed by atoms with E-state index in [9.17, 15) is 13.2 Å². The number of nitrogens with zero attached hydrogens (tertiary/aromatic N) is 1. The predicted molar refractivity (Wildman–Crippen MR) is 67.3 cm³/mol. The quantitative estimate of drug-likeness (QED) is 0.777. The Morgan fingerprint density at radius 3 is 2.41 bits per heavy atom. The third kappa shape index (κ3) is 2.98. The van der Waals surface area contributed by atoms with Crippen molar-refractivity contribution in [2.45, 2.75) is 45.8 Å². The molecule has 6 heteroatoms. The lowest BCUT2D eigenvalue weighted by molar-refractivity contribution is -0.132. The standard InChI is InChI=1S/C11H22N2O3S/c1-5-11(4)10(14)13(9(3)12-11)7-8-17(15,16)6-2/h9,12H,5-8H2,1-4H3. The largest absolute Gasteiger partial charge is 0.325 e. The Morgan fingerprint density at radius 2 is 2.00 bits per heavy atom. The highest BCUT2D eigenvalue weighted by molar-refractivity contribution is 7.91. The number of hydrogen-bond acceptors (Lipinski definition) is 4. The van der Waals surface area contributed by atoms with Crippen LogP contribution in [0.2, 0.25) is 0 Å². The average Bonchev–Trinajstić information content (AvgIpc) is 2.49. The van der Waals surface area contributed by atoms with Crippen molar-refractivity contribution in [1.82, 2.24) is 10.2 Å². The van der Waals surface area contributed by atoms with E-state index in [-0.39, 0.29) is 30.1 Å². The van der Waals surface area contributed by atoms with Gasteiger partial charge in [0, 0.05) is 12.3 Å². The first-order valence-corrected chi connectivity index (χ1v) is 7.87. The summed E-state index contributed by atoms with van der Waals surface area (Å²) in [5.74, 6) is 0.168. The molecule has 1 aliphatic heterocycles. The van der Waals surface area contributed by atoms with Gasteiger partial charge in [-0.2, -0.15) is 0 Å². The summed E-state index contributed by atoms with van der Waals surface area (Å²) in [7, 11) is -3.02. The highest BCUT2D eigenvalue weighted by Gasteiger charge is 2.44. The molecular formula is C11H22N2O3S. The van der Waals surface area contributed by atoms with Crippen molar-refractivity contribution < 1.29 is 13.2 Å². The summed E-state index contributed by atoms with van der Waals surface area (Å²) >= 11 is 0. The summed E-state index contributed by atoms with van der Waals surface area (Å²) in [6.07, 6.45) is 0.604. The van der Waals surface area contributed by atoms with Crippen LogP contribution in [-0.4, -0.2) is 49.0 Å². The summed E-state index contributed by atoms with van der Waals surface area (Å²) < 4.78 is 22.9. The van der Waals surface area contributed by atoms with Crippen LogP contribution in [0.15, 0.2) is 0 Å². The normalized spacial score (nSPS) is 30.0. The van der Waals surface area contributed by atoms with Crippen molar-refractivity contribution in [3.05, 3.63) is 0 Å². The monoisotopic (exact) mass is 262 g/mol. The molecule has 2 atom stereocenters. The van der Waals surface area contributed by atoms with Gasteiger partial charge in [-0.1, -0.05) is 13.8 Å². The van der Waals surface area contributed by atoms with E-state index in [1.54, 1.807) is 11.8 Å². The van der Waals surface area contributed by atoms with Gasteiger partial charge < -0.3 is 4.90 Å². The fourth-order valence-electron chi connectivity index (χ4n) is 2.02. The van der Waals surface area contributed by atoms with Crippen LogP contribution < -0.4 is 5.32 Å². The van der Waals surface area contributed by atoms with Crippen molar-refractivity contribution in [2.24, 2.45) is 0 Å². The Hall–Kier alpha value is -0.620. The zero-order valence-electron chi connectivity index (χ0n) is 11.0. The van der Waals surface area contributed by atoms with E-state index in [4.69, 9.17) is 0 Å². The van der Waals surface area contributed by atoms with E-state index < -0.39 is 15.4 Å². The molecule has 2 unspecified atom stereocenters. The van der Waals surface area contributed by atoms with Crippen LogP contribution in [0.3, 0.4) is 0 Å². The SMILES string of the molecule is CCC1(C)NC(C)N(CCS(=O)(=O)CC)C1=O. The minimum atomic E-state index is -3.02. The van der Waals surface area contributed by atoms with Crippen molar-refractivity contribution in [2.75, 3.05) is 18.1 Å². The Morgan fingerprint density at radius 1 is 1.41 bits per heavy atom. The zero-order valence-corrected chi connectivity index (χ0v) is 11.8. The molecule has 1 fully saturated rings. The molecule has 0 aliphatic carbocycles. The molecule has 0 spiro atoms. The molecule has 0 aromatic heterocycles. The van der Waals surface area contributed by atoms with Gasteiger partial charge in [0.1, 0.15) is 0 Å². The summed E-state index contributed by atoms with van der Waals surface area (Å²) in [6.45, 7) is 7.60. The van der Waals surface area contributed by atoms with Crippen molar-refractivity contribution >= 4 is 15.7 Å². The van der Waals surface area contributed by atoms with Crippen LogP contribution in [0.1, 0.15) is 34.1 Å². The van der Waals surface area contributed by atoms with E-state index >= 15 is 0 Å². The van der Waals surface area contributed by atoms with Gasteiger partial charge in [0.15, 0.2) is 9.84 Å². The summed E-state index contributed by atoms with van der Waals surface area (Å²) in [4.78, 5) is 13.8. The van der Waals surface area contributed by atoms with Crippen LogP contribution in [0, 0.1) is 0 Å². The van der Waals surface area contributed by atoms with Gasteiger partial charge in [0.05, 0.1) is 17.5 Å². The molecule has 0 aromatic carbocycles. The lowest BCUT2D eigenvalue weighted by Gasteiger charge is -2.21. The van der Waals surface area contributed by atoms with Gasteiger partial charge in [0.2, 0.25) is 5.91 Å². The molecule has 1 amide bonds. The molecule has 17 heavy (non-hydrogen) atoms. The van der Waals surface area contributed by atoms with E-state index in [0.717, 1.165) is 0 Å². The first-order chi connectivity index (χ1) is 7.75. The summed E-state index contributed by atoms with van der Waals surface area (Å²) in [5, 5.41) is 3.22. The molecule has 1 saturated heterocycles. The van der Waals surface area contributed by atoms with Crippen molar-refractivity contribution in [3.63, 3.8) is 0 Å². The second-order valence-electron chi connectivity index (χ2n) is 4.74. The van der Waals surface area contributed by atoms with Crippen molar-refractivity contribution in [3.8, 4) is 0 Å². The number of hydrogen-bond donors (Lipinski definition) is 1. The van der Waals surface area contributed by atoms with Crippen molar-refractivity contribution in [1.29, 1.82) is 0 Å². The van der Waals surface area contributed by atoms with E-state index in [1.807, 2.05) is 20.8 Å². The molecular weight excluding hydrogens is 240 g/mol. The summed E-state index contributed by atoms with van der Waals surface area (Å²) in [5.41, 5.74) is -0.546. The second kappa shape index (κ2) is 4.94. The third-order valence-electron chi connectivity index (χ3n) is 3.52. The maximum Gasteiger partial charge on any atom is 0.243 e. The molecule has 0 bridgehead atoms. The molecule has 0 saturated carbocycles. The number of amides is 1. The lowest BCUT2D eigenvalue weighted by Crippen LogP contribution is -2.43.